The number of carbonyl (C=O) groups is 2. The third-order valence-corrected chi connectivity index (χ3v) is 6.75. The predicted molar refractivity (Wildman–Crippen MR) is 116 cm³/mol. The highest BCUT2D eigenvalue weighted by atomic mass is 32.1. The molecule has 0 aliphatic carbocycles. The number of esters is 1. The second-order valence-corrected chi connectivity index (χ2v) is 8.45. The Morgan fingerprint density at radius 1 is 1.17 bits per heavy atom. The van der Waals surface area contributed by atoms with E-state index in [1.165, 1.54) is 28.2 Å². The molecule has 1 aliphatic rings. The summed E-state index contributed by atoms with van der Waals surface area (Å²) in [6.45, 7) is 5.10. The Labute approximate surface area is 174 Å². The van der Waals surface area contributed by atoms with Crippen LogP contribution in [-0.4, -0.2) is 32.1 Å². The average molecular weight is 410 g/mol. The number of quaternary nitrogens is 1. The highest BCUT2D eigenvalue weighted by Gasteiger charge is 2.30. The summed E-state index contributed by atoms with van der Waals surface area (Å²) < 4.78 is 5.02. The molecule has 1 amide bonds. The van der Waals surface area contributed by atoms with Crippen molar-refractivity contribution in [2.24, 2.45) is 0 Å². The van der Waals surface area contributed by atoms with Crippen molar-refractivity contribution in [2.75, 3.05) is 25.5 Å². The van der Waals surface area contributed by atoms with E-state index in [4.69, 9.17) is 4.74 Å². The first-order chi connectivity index (χ1) is 14.1. The highest BCUT2D eigenvalue weighted by molar-refractivity contribution is 7.17. The first-order valence-corrected chi connectivity index (χ1v) is 10.7. The largest absolute Gasteiger partial charge is 0.465 e. The summed E-state index contributed by atoms with van der Waals surface area (Å²) in [5.41, 5.74) is 2.55. The molecule has 1 aliphatic heterocycles. The second kappa shape index (κ2) is 8.35. The lowest BCUT2D eigenvalue weighted by Crippen LogP contribution is -3.11. The van der Waals surface area contributed by atoms with Crippen LogP contribution >= 0.6 is 11.3 Å². The van der Waals surface area contributed by atoms with Gasteiger partial charge in [0.05, 0.1) is 37.1 Å². The van der Waals surface area contributed by atoms with E-state index in [0.717, 1.165) is 48.0 Å². The number of methoxy groups -OCH3 is 1. The molecule has 4 rings (SSSR count). The summed E-state index contributed by atoms with van der Waals surface area (Å²) in [5, 5.41) is 5.80. The lowest BCUT2D eigenvalue weighted by molar-refractivity contribution is -0.913. The summed E-state index contributed by atoms with van der Waals surface area (Å²) in [6.07, 6.45) is 1.09. The molecule has 150 valence electrons. The Morgan fingerprint density at radius 2 is 1.97 bits per heavy atom. The summed E-state index contributed by atoms with van der Waals surface area (Å²) in [6, 6.07) is 14.0. The van der Waals surface area contributed by atoms with Crippen LogP contribution in [0.15, 0.2) is 42.5 Å². The van der Waals surface area contributed by atoms with Crippen molar-refractivity contribution in [1.82, 2.24) is 0 Å². The molecule has 3 aromatic rings. The molecule has 1 aromatic heterocycles. The van der Waals surface area contributed by atoms with Gasteiger partial charge in [-0.05, 0) is 28.8 Å². The number of thiophene rings is 1. The van der Waals surface area contributed by atoms with Crippen LogP contribution < -0.4 is 10.2 Å². The van der Waals surface area contributed by atoms with Crippen molar-refractivity contribution in [3.8, 4) is 0 Å². The maximum atomic E-state index is 12.9. The zero-order valence-corrected chi connectivity index (χ0v) is 17.5. The molecule has 2 N–H and O–H groups in total. The van der Waals surface area contributed by atoms with Gasteiger partial charge in [0.15, 0.2) is 0 Å². The Balaban J connectivity index is 1.61. The van der Waals surface area contributed by atoms with E-state index in [9.17, 15) is 9.59 Å². The number of anilines is 1. The molecular weight excluding hydrogens is 384 g/mol. The first kappa shape index (κ1) is 19.6. The molecule has 2 heterocycles. The zero-order valence-electron chi connectivity index (χ0n) is 16.7. The van der Waals surface area contributed by atoms with Gasteiger partial charge in [-0.15, -0.1) is 11.3 Å². The van der Waals surface area contributed by atoms with E-state index in [0.29, 0.717) is 10.6 Å². The molecule has 0 bridgehead atoms. The van der Waals surface area contributed by atoms with Gasteiger partial charge < -0.3 is 15.0 Å². The van der Waals surface area contributed by atoms with Gasteiger partial charge in [0, 0.05) is 6.42 Å². The Morgan fingerprint density at radius 3 is 2.76 bits per heavy atom. The third-order valence-electron chi connectivity index (χ3n) is 5.60. The SMILES string of the molecule is CC[NH+]1CCc2c(sc(NC(=O)Cc3cccc4ccccc34)c2C(=O)OC)C1. The molecule has 0 fully saturated rings. The lowest BCUT2D eigenvalue weighted by atomic mass is 10.0. The fraction of sp³-hybridized carbons (Fsp3) is 0.304. The topological polar surface area (TPSA) is 59.8 Å². The number of hydrogen-bond donors (Lipinski definition) is 2. The number of benzene rings is 2. The minimum absolute atomic E-state index is 0.121. The van der Waals surface area contributed by atoms with E-state index in [-0.39, 0.29) is 18.3 Å². The van der Waals surface area contributed by atoms with Crippen molar-refractivity contribution in [2.45, 2.75) is 26.3 Å². The molecule has 0 saturated carbocycles. The Kier molecular flexibility index (Phi) is 5.65. The van der Waals surface area contributed by atoms with Crippen LogP contribution in [0.2, 0.25) is 0 Å². The fourth-order valence-electron chi connectivity index (χ4n) is 4.03. The van der Waals surface area contributed by atoms with Gasteiger partial charge in [0.25, 0.3) is 0 Å². The number of carbonyl (C=O) groups excluding carboxylic acids is 2. The maximum Gasteiger partial charge on any atom is 0.341 e. The molecule has 1 unspecified atom stereocenters. The number of nitrogens with one attached hydrogen (secondary N) is 2. The normalized spacial score (nSPS) is 15.7. The van der Waals surface area contributed by atoms with Crippen LogP contribution in [0.25, 0.3) is 10.8 Å². The summed E-state index contributed by atoms with van der Waals surface area (Å²) in [4.78, 5) is 28.0. The molecule has 0 radical (unpaired) electrons. The second-order valence-electron chi connectivity index (χ2n) is 7.34. The van der Waals surface area contributed by atoms with Gasteiger partial charge in [-0.3, -0.25) is 4.79 Å². The molecule has 6 heteroatoms. The average Bonchev–Trinajstić information content (AvgIpc) is 3.10. The maximum absolute atomic E-state index is 12.9. The van der Waals surface area contributed by atoms with Crippen LogP contribution in [0.5, 0.6) is 0 Å². The quantitative estimate of drug-likeness (QED) is 0.637. The summed E-state index contributed by atoms with van der Waals surface area (Å²) >= 11 is 1.51. The van der Waals surface area contributed by atoms with E-state index in [1.54, 1.807) is 0 Å². The van der Waals surface area contributed by atoms with Crippen LogP contribution in [-0.2, 0) is 28.9 Å². The van der Waals surface area contributed by atoms with Gasteiger partial charge in [0.2, 0.25) is 5.91 Å². The van der Waals surface area contributed by atoms with E-state index in [1.807, 2.05) is 42.5 Å². The molecule has 0 spiro atoms. The molecular formula is C23H25N2O3S+. The number of rotatable bonds is 5. The number of likely N-dealkylation sites (N-methyl/N-ethyl adjacent to an activating group) is 1. The smallest absolute Gasteiger partial charge is 0.341 e. The molecule has 1 atom stereocenters. The van der Waals surface area contributed by atoms with Gasteiger partial charge in [0.1, 0.15) is 11.5 Å². The number of ether oxygens (including phenoxy) is 1. The molecule has 2 aromatic carbocycles. The van der Waals surface area contributed by atoms with E-state index in [2.05, 4.69) is 12.2 Å². The van der Waals surface area contributed by atoms with Gasteiger partial charge in [-0.2, -0.15) is 0 Å². The minimum atomic E-state index is -0.372. The Bertz CT molecular complexity index is 1070. The van der Waals surface area contributed by atoms with Crippen molar-refractivity contribution in [3.05, 3.63) is 64.0 Å². The van der Waals surface area contributed by atoms with Crippen molar-refractivity contribution in [3.63, 3.8) is 0 Å². The van der Waals surface area contributed by atoms with Crippen LogP contribution in [0.1, 0.15) is 33.3 Å². The monoisotopic (exact) mass is 409 g/mol. The molecule has 0 saturated heterocycles. The van der Waals surface area contributed by atoms with Crippen LogP contribution in [0.3, 0.4) is 0 Å². The minimum Gasteiger partial charge on any atom is -0.465 e. The van der Waals surface area contributed by atoms with Gasteiger partial charge in [-0.1, -0.05) is 42.5 Å². The van der Waals surface area contributed by atoms with Gasteiger partial charge >= 0.3 is 5.97 Å². The van der Waals surface area contributed by atoms with Gasteiger partial charge in [-0.25, -0.2) is 4.79 Å². The van der Waals surface area contributed by atoms with E-state index >= 15 is 0 Å². The summed E-state index contributed by atoms with van der Waals surface area (Å²) in [5.74, 6) is -0.493. The first-order valence-electron chi connectivity index (χ1n) is 9.93. The predicted octanol–water partition coefficient (Wildman–Crippen LogP) is 2.83. The van der Waals surface area contributed by atoms with Crippen LogP contribution in [0.4, 0.5) is 5.00 Å². The van der Waals surface area contributed by atoms with E-state index < -0.39 is 0 Å². The lowest BCUT2D eigenvalue weighted by Gasteiger charge is -2.22. The number of fused-ring (bicyclic) bond motifs is 2. The highest BCUT2D eigenvalue weighted by Crippen LogP contribution is 2.35. The van der Waals surface area contributed by atoms with Crippen LogP contribution in [0, 0.1) is 0 Å². The fourth-order valence-corrected chi connectivity index (χ4v) is 5.36. The number of hydrogen-bond acceptors (Lipinski definition) is 4. The van der Waals surface area contributed by atoms with Crippen molar-refractivity contribution < 1.29 is 19.2 Å². The third kappa shape index (κ3) is 3.91. The van der Waals surface area contributed by atoms with Crippen molar-refractivity contribution >= 4 is 39.0 Å². The number of amides is 1. The Hall–Kier alpha value is -2.70. The molecule has 29 heavy (non-hydrogen) atoms. The van der Waals surface area contributed by atoms with Crippen molar-refractivity contribution in [1.29, 1.82) is 0 Å². The zero-order chi connectivity index (χ0) is 20.4. The summed E-state index contributed by atoms with van der Waals surface area (Å²) in [7, 11) is 1.39. The molecule has 5 nitrogen and oxygen atoms in total. The standard InChI is InChI=1S/C23H24N2O3S/c1-3-25-12-11-18-19(14-25)29-22(21(18)23(27)28-2)24-20(26)13-16-9-6-8-15-7-4-5-10-17(15)16/h4-10H,3,11-14H2,1-2H3,(H,24,26)/p+1.